The van der Waals surface area contributed by atoms with Crippen molar-refractivity contribution in [1.29, 1.82) is 0 Å². The number of fused-ring (bicyclic) bond motifs is 1. The van der Waals surface area contributed by atoms with Gasteiger partial charge in [0.15, 0.2) is 0 Å². The van der Waals surface area contributed by atoms with E-state index < -0.39 is 0 Å². The molecule has 2 atom stereocenters. The molecule has 1 fully saturated rings. The normalized spacial score (nSPS) is 19.1. The zero-order valence-corrected chi connectivity index (χ0v) is 14.3. The van der Waals surface area contributed by atoms with Crippen LogP contribution in [0.1, 0.15) is 41.1 Å². The van der Waals surface area contributed by atoms with Crippen molar-refractivity contribution in [2.75, 3.05) is 7.05 Å². The van der Waals surface area contributed by atoms with Crippen molar-refractivity contribution in [3.8, 4) is 0 Å². The fourth-order valence-corrected chi connectivity index (χ4v) is 3.29. The van der Waals surface area contributed by atoms with Gasteiger partial charge in [0.1, 0.15) is 11.5 Å². The summed E-state index contributed by atoms with van der Waals surface area (Å²) >= 11 is 0. The molecule has 2 heterocycles. The maximum atomic E-state index is 12.9. The van der Waals surface area contributed by atoms with Crippen molar-refractivity contribution < 1.29 is 9.21 Å². The van der Waals surface area contributed by atoms with Crippen LogP contribution < -0.4 is 5.56 Å². The number of carbonyl (C=O) groups is 1. The lowest BCUT2D eigenvalue weighted by Crippen LogP contribution is -2.27. The highest BCUT2D eigenvalue weighted by atomic mass is 16.3. The van der Waals surface area contributed by atoms with Gasteiger partial charge in [0, 0.05) is 29.9 Å². The van der Waals surface area contributed by atoms with Crippen LogP contribution in [0.4, 0.5) is 0 Å². The average Bonchev–Trinajstić information content (AvgIpc) is 3.15. The molecule has 1 aliphatic rings. The van der Waals surface area contributed by atoms with Gasteiger partial charge in [0.05, 0.1) is 12.1 Å². The molecule has 4 rings (SSSR count). The van der Waals surface area contributed by atoms with Crippen molar-refractivity contribution >= 4 is 16.8 Å². The third-order valence-corrected chi connectivity index (χ3v) is 4.88. The van der Waals surface area contributed by atoms with Gasteiger partial charge in [-0.05, 0) is 30.5 Å². The summed E-state index contributed by atoms with van der Waals surface area (Å²) in [6, 6.07) is 12.6. The zero-order chi connectivity index (χ0) is 17.6. The molecule has 1 aromatic carbocycles. The van der Waals surface area contributed by atoms with Crippen LogP contribution in [0.25, 0.3) is 10.9 Å². The number of amides is 1. The number of rotatable bonds is 4. The number of nitrogens with zero attached hydrogens (tertiary/aromatic N) is 1. The van der Waals surface area contributed by atoms with E-state index in [1.54, 1.807) is 18.0 Å². The number of para-hydroxylation sites is 1. The van der Waals surface area contributed by atoms with Crippen LogP contribution in [0.15, 0.2) is 51.7 Å². The van der Waals surface area contributed by atoms with Crippen LogP contribution in [0.5, 0.6) is 0 Å². The number of pyridine rings is 1. The number of nitrogens with one attached hydrogen (secondary N) is 1. The molecule has 1 N–H and O–H groups in total. The van der Waals surface area contributed by atoms with E-state index in [-0.39, 0.29) is 11.5 Å². The highest BCUT2D eigenvalue weighted by Gasteiger charge is 2.36. The fourth-order valence-electron chi connectivity index (χ4n) is 3.29. The van der Waals surface area contributed by atoms with Crippen molar-refractivity contribution in [1.82, 2.24) is 9.88 Å². The highest BCUT2D eigenvalue weighted by Crippen LogP contribution is 2.47. The molecule has 5 nitrogen and oxygen atoms in total. The van der Waals surface area contributed by atoms with Crippen LogP contribution in [0, 0.1) is 5.92 Å². The molecule has 1 saturated carbocycles. The monoisotopic (exact) mass is 336 g/mol. The minimum atomic E-state index is -0.279. The van der Waals surface area contributed by atoms with E-state index >= 15 is 0 Å². The molecule has 0 radical (unpaired) electrons. The fraction of sp³-hybridized carbons (Fsp3) is 0.300. The largest absolute Gasteiger partial charge is 0.464 e. The molecular weight excluding hydrogens is 316 g/mol. The molecule has 3 aromatic rings. The summed E-state index contributed by atoms with van der Waals surface area (Å²) in [5.41, 5.74) is 0.789. The summed E-state index contributed by atoms with van der Waals surface area (Å²) in [6.45, 7) is 2.58. The number of furan rings is 1. The Labute approximate surface area is 145 Å². The molecule has 0 bridgehead atoms. The molecule has 25 heavy (non-hydrogen) atoms. The molecule has 0 spiro atoms. The SMILES string of the molecule is C[C@@H]1C[C@H]1c1ccc(CN(C)C(=O)c2cc(=O)[nH]c3ccccc23)o1. The van der Waals surface area contributed by atoms with E-state index in [0.29, 0.717) is 29.5 Å². The third-order valence-electron chi connectivity index (χ3n) is 4.88. The Balaban J connectivity index is 1.58. The van der Waals surface area contributed by atoms with Gasteiger partial charge in [-0.2, -0.15) is 0 Å². The number of benzene rings is 1. The number of aromatic nitrogens is 1. The van der Waals surface area contributed by atoms with Gasteiger partial charge in [-0.1, -0.05) is 25.1 Å². The first-order chi connectivity index (χ1) is 12.0. The number of hydrogen-bond acceptors (Lipinski definition) is 3. The Morgan fingerprint density at radius 3 is 2.80 bits per heavy atom. The Bertz CT molecular complexity index is 1000. The highest BCUT2D eigenvalue weighted by molar-refractivity contribution is 6.05. The second-order valence-electron chi connectivity index (χ2n) is 6.88. The summed E-state index contributed by atoms with van der Waals surface area (Å²) in [5.74, 6) is 2.77. The van der Waals surface area contributed by atoms with Crippen molar-refractivity contribution in [3.63, 3.8) is 0 Å². The van der Waals surface area contributed by atoms with Gasteiger partial charge in [-0.25, -0.2) is 0 Å². The van der Waals surface area contributed by atoms with E-state index in [9.17, 15) is 9.59 Å². The Kier molecular flexibility index (Phi) is 3.71. The number of H-pyrrole nitrogens is 1. The van der Waals surface area contributed by atoms with Crippen molar-refractivity contribution in [2.24, 2.45) is 5.92 Å². The van der Waals surface area contributed by atoms with Gasteiger partial charge >= 0.3 is 0 Å². The lowest BCUT2D eigenvalue weighted by molar-refractivity contribution is 0.0776. The third kappa shape index (κ3) is 2.97. The van der Waals surface area contributed by atoms with Gasteiger partial charge < -0.3 is 14.3 Å². The number of hydrogen-bond donors (Lipinski definition) is 1. The molecule has 0 aliphatic heterocycles. The van der Waals surface area contributed by atoms with E-state index in [2.05, 4.69) is 11.9 Å². The molecular formula is C20H20N2O3. The van der Waals surface area contributed by atoms with Crippen LogP contribution in [0.3, 0.4) is 0 Å². The average molecular weight is 336 g/mol. The minimum Gasteiger partial charge on any atom is -0.464 e. The number of aromatic amines is 1. The summed E-state index contributed by atoms with van der Waals surface area (Å²) in [5, 5.41) is 0.742. The van der Waals surface area contributed by atoms with Crippen LogP contribution >= 0.6 is 0 Å². The topological polar surface area (TPSA) is 66.3 Å². The van der Waals surface area contributed by atoms with Gasteiger partial charge in [-0.3, -0.25) is 9.59 Å². The molecule has 1 aliphatic carbocycles. The van der Waals surface area contributed by atoms with Gasteiger partial charge in [0.2, 0.25) is 5.56 Å². The second kappa shape index (κ2) is 5.92. The van der Waals surface area contributed by atoms with Crippen LogP contribution in [0.2, 0.25) is 0 Å². The van der Waals surface area contributed by atoms with Crippen molar-refractivity contribution in [2.45, 2.75) is 25.8 Å². The summed E-state index contributed by atoms with van der Waals surface area (Å²) in [6.07, 6.45) is 1.17. The van der Waals surface area contributed by atoms with Crippen LogP contribution in [-0.2, 0) is 6.54 Å². The maximum absolute atomic E-state index is 12.9. The second-order valence-corrected chi connectivity index (χ2v) is 6.88. The minimum absolute atomic E-state index is 0.194. The first-order valence-corrected chi connectivity index (χ1v) is 8.49. The summed E-state index contributed by atoms with van der Waals surface area (Å²) in [4.78, 5) is 29.1. The molecule has 2 aromatic heterocycles. The summed E-state index contributed by atoms with van der Waals surface area (Å²) in [7, 11) is 1.72. The maximum Gasteiger partial charge on any atom is 0.254 e. The Morgan fingerprint density at radius 1 is 1.28 bits per heavy atom. The molecule has 5 heteroatoms. The predicted molar refractivity (Wildman–Crippen MR) is 95.6 cm³/mol. The van der Waals surface area contributed by atoms with Gasteiger partial charge in [-0.15, -0.1) is 0 Å². The smallest absolute Gasteiger partial charge is 0.254 e. The Hall–Kier alpha value is -2.82. The van der Waals surface area contributed by atoms with E-state index in [1.807, 2.05) is 30.3 Å². The molecule has 0 unspecified atom stereocenters. The first kappa shape index (κ1) is 15.7. The van der Waals surface area contributed by atoms with E-state index in [0.717, 1.165) is 16.9 Å². The lowest BCUT2D eigenvalue weighted by atomic mass is 10.1. The standard InChI is InChI=1S/C20H20N2O3/c1-12-9-15(12)18-8-7-13(25-18)11-22(2)20(24)16-10-19(23)21-17-6-4-3-5-14(16)17/h3-8,10,12,15H,9,11H2,1-2H3,(H,21,23)/t12-,15-/m1/s1. The predicted octanol–water partition coefficient (Wildman–Crippen LogP) is 3.52. The molecule has 128 valence electrons. The molecule has 1 amide bonds. The van der Waals surface area contributed by atoms with Gasteiger partial charge in [0.25, 0.3) is 5.91 Å². The lowest BCUT2D eigenvalue weighted by Gasteiger charge is -2.17. The van der Waals surface area contributed by atoms with E-state index in [4.69, 9.17) is 4.42 Å². The summed E-state index contributed by atoms with van der Waals surface area (Å²) < 4.78 is 5.88. The zero-order valence-electron chi connectivity index (χ0n) is 14.3. The first-order valence-electron chi connectivity index (χ1n) is 8.49. The van der Waals surface area contributed by atoms with Crippen molar-refractivity contribution in [3.05, 3.63) is 69.9 Å². The van der Waals surface area contributed by atoms with Crippen LogP contribution in [-0.4, -0.2) is 22.8 Å². The Morgan fingerprint density at radius 2 is 2.04 bits per heavy atom. The number of carbonyl (C=O) groups excluding carboxylic acids is 1. The quantitative estimate of drug-likeness (QED) is 0.793. The van der Waals surface area contributed by atoms with E-state index in [1.165, 1.54) is 12.5 Å². The molecule has 0 saturated heterocycles.